The van der Waals surface area contributed by atoms with Crippen LogP contribution in [0, 0.1) is 11.8 Å². The highest BCUT2D eigenvalue weighted by atomic mass is 16.4. The number of amides is 2. The Morgan fingerprint density at radius 1 is 1.40 bits per heavy atom. The molecular formula is C9H12N2O4. The van der Waals surface area contributed by atoms with Gasteiger partial charge in [-0.15, -0.1) is 0 Å². The Morgan fingerprint density at radius 2 is 1.87 bits per heavy atom. The summed E-state index contributed by atoms with van der Waals surface area (Å²) in [5, 5.41) is 11.1. The van der Waals surface area contributed by atoms with Crippen LogP contribution in [0.2, 0.25) is 0 Å². The number of imide groups is 1. The second kappa shape index (κ2) is 3.30. The minimum absolute atomic E-state index is 0.273. The summed E-state index contributed by atoms with van der Waals surface area (Å²) in [5.74, 6) is -2.20. The van der Waals surface area contributed by atoms with Gasteiger partial charge in [0, 0.05) is 13.1 Å². The Kier molecular flexibility index (Phi) is 2.22. The quantitative estimate of drug-likeness (QED) is 0.553. The lowest BCUT2D eigenvalue weighted by atomic mass is 10.00. The summed E-state index contributed by atoms with van der Waals surface area (Å²) in [4.78, 5) is 35.0. The summed E-state index contributed by atoms with van der Waals surface area (Å²) in [6.45, 7) is 2.27. The number of hydrogen-bond donors (Lipinski definition) is 2. The predicted molar refractivity (Wildman–Crippen MR) is 48.8 cm³/mol. The molecule has 15 heavy (non-hydrogen) atoms. The summed E-state index contributed by atoms with van der Waals surface area (Å²) in [7, 11) is 0. The van der Waals surface area contributed by atoms with Crippen LogP contribution >= 0.6 is 0 Å². The number of rotatable bonds is 2. The molecule has 0 aromatic carbocycles. The molecule has 2 aliphatic heterocycles. The van der Waals surface area contributed by atoms with Crippen LogP contribution in [-0.4, -0.2) is 46.9 Å². The van der Waals surface area contributed by atoms with E-state index in [0.717, 1.165) is 0 Å². The SMILES string of the molecule is C[C@@H](C(=O)O)N1C[C@@H]2C(=O)NC(=O)[C@@H]2C1. The highest BCUT2D eigenvalue weighted by molar-refractivity contribution is 6.05. The summed E-state index contributed by atoms with van der Waals surface area (Å²) in [6.07, 6.45) is 0. The van der Waals surface area contributed by atoms with Gasteiger partial charge < -0.3 is 5.11 Å². The molecule has 2 heterocycles. The molecule has 2 amide bonds. The van der Waals surface area contributed by atoms with Crippen molar-refractivity contribution in [1.29, 1.82) is 0 Å². The molecule has 0 spiro atoms. The van der Waals surface area contributed by atoms with Gasteiger partial charge in [-0.1, -0.05) is 0 Å². The largest absolute Gasteiger partial charge is 0.480 e. The van der Waals surface area contributed by atoms with E-state index in [-0.39, 0.29) is 23.7 Å². The van der Waals surface area contributed by atoms with Gasteiger partial charge in [0.25, 0.3) is 0 Å². The summed E-state index contributed by atoms with van der Waals surface area (Å²) >= 11 is 0. The van der Waals surface area contributed by atoms with Crippen molar-refractivity contribution >= 4 is 17.8 Å². The van der Waals surface area contributed by atoms with Crippen LogP contribution in [-0.2, 0) is 14.4 Å². The molecule has 6 nitrogen and oxygen atoms in total. The first-order valence-electron chi connectivity index (χ1n) is 4.82. The molecule has 0 saturated carbocycles. The van der Waals surface area contributed by atoms with Gasteiger partial charge in [-0.3, -0.25) is 24.6 Å². The van der Waals surface area contributed by atoms with Crippen LogP contribution in [0.15, 0.2) is 0 Å². The number of aliphatic carboxylic acids is 1. The molecule has 6 heteroatoms. The first-order chi connectivity index (χ1) is 7.00. The molecule has 0 radical (unpaired) electrons. The Bertz CT molecular complexity index is 319. The Labute approximate surface area is 86.2 Å². The van der Waals surface area contributed by atoms with Gasteiger partial charge in [-0.25, -0.2) is 0 Å². The first-order valence-corrected chi connectivity index (χ1v) is 4.82. The van der Waals surface area contributed by atoms with Crippen molar-refractivity contribution in [3.05, 3.63) is 0 Å². The lowest BCUT2D eigenvalue weighted by Crippen LogP contribution is -2.40. The zero-order valence-corrected chi connectivity index (χ0v) is 8.27. The molecule has 2 fully saturated rings. The van der Waals surface area contributed by atoms with E-state index in [9.17, 15) is 14.4 Å². The van der Waals surface area contributed by atoms with E-state index in [2.05, 4.69) is 5.32 Å². The van der Waals surface area contributed by atoms with Crippen LogP contribution in [0.4, 0.5) is 0 Å². The number of nitrogens with one attached hydrogen (secondary N) is 1. The van der Waals surface area contributed by atoms with Gasteiger partial charge in [-0.05, 0) is 6.92 Å². The van der Waals surface area contributed by atoms with Gasteiger partial charge in [0.15, 0.2) is 0 Å². The standard InChI is InChI=1S/C9H12N2O4/c1-4(9(14)15)11-2-5-6(3-11)8(13)10-7(5)12/h4-6H,2-3H2,1H3,(H,14,15)(H,10,12,13)/t4-,5-,6+/m0/s1. The third kappa shape index (κ3) is 1.50. The minimum Gasteiger partial charge on any atom is -0.480 e. The number of fused-ring (bicyclic) bond motifs is 1. The molecule has 0 aliphatic carbocycles. The molecule has 2 saturated heterocycles. The average Bonchev–Trinajstić information content (AvgIpc) is 2.68. The Balaban J connectivity index is 2.10. The normalized spacial score (nSPS) is 32.6. The monoisotopic (exact) mass is 212 g/mol. The fourth-order valence-corrected chi connectivity index (χ4v) is 2.14. The van der Waals surface area contributed by atoms with Crippen LogP contribution in [0.5, 0.6) is 0 Å². The number of carbonyl (C=O) groups is 3. The van der Waals surface area contributed by atoms with Crippen molar-refractivity contribution in [2.24, 2.45) is 11.8 Å². The van der Waals surface area contributed by atoms with Crippen molar-refractivity contribution in [1.82, 2.24) is 10.2 Å². The van der Waals surface area contributed by atoms with E-state index in [4.69, 9.17) is 5.11 Å². The Hall–Kier alpha value is -1.43. The summed E-state index contributed by atoms with van der Waals surface area (Å²) in [5.41, 5.74) is 0. The van der Waals surface area contributed by atoms with Crippen molar-refractivity contribution < 1.29 is 19.5 Å². The lowest BCUT2D eigenvalue weighted by Gasteiger charge is -2.20. The molecule has 0 unspecified atom stereocenters. The van der Waals surface area contributed by atoms with Gasteiger partial charge in [0.1, 0.15) is 6.04 Å². The number of likely N-dealkylation sites (tertiary alicyclic amines) is 1. The van der Waals surface area contributed by atoms with Crippen molar-refractivity contribution in [3.8, 4) is 0 Å². The lowest BCUT2D eigenvalue weighted by molar-refractivity contribution is -0.143. The molecule has 2 aliphatic rings. The van der Waals surface area contributed by atoms with Crippen LogP contribution in [0.1, 0.15) is 6.92 Å². The molecular weight excluding hydrogens is 200 g/mol. The molecule has 0 aromatic heterocycles. The molecule has 2 N–H and O–H groups in total. The van der Waals surface area contributed by atoms with E-state index < -0.39 is 12.0 Å². The van der Waals surface area contributed by atoms with E-state index in [1.165, 1.54) is 0 Å². The second-order valence-electron chi connectivity index (χ2n) is 4.03. The zero-order valence-electron chi connectivity index (χ0n) is 8.27. The third-order valence-corrected chi connectivity index (χ3v) is 3.17. The van der Waals surface area contributed by atoms with Crippen molar-refractivity contribution in [3.63, 3.8) is 0 Å². The minimum atomic E-state index is -0.928. The molecule has 0 aromatic rings. The van der Waals surface area contributed by atoms with Gasteiger partial charge >= 0.3 is 5.97 Å². The number of carboxylic acid groups (broad SMARTS) is 1. The van der Waals surface area contributed by atoms with Crippen molar-refractivity contribution in [2.45, 2.75) is 13.0 Å². The number of carbonyl (C=O) groups excluding carboxylic acids is 2. The average molecular weight is 212 g/mol. The van der Waals surface area contributed by atoms with E-state index in [0.29, 0.717) is 13.1 Å². The number of nitrogens with zero attached hydrogens (tertiary/aromatic N) is 1. The highest BCUT2D eigenvalue weighted by Gasteiger charge is 2.49. The fourth-order valence-electron chi connectivity index (χ4n) is 2.14. The Morgan fingerprint density at radius 3 is 2.27 bits per heavy atom. The van der Waals surface area contributed by atoms with Gasteiger partial charge in [0.05, 0.1) is 11.8 Å². The molecule has 2 rings (SSSR count). The highest BCUT2D eigenvalue weighted by Crippen LogP contribution is 2.29. The van der Waals surface area contributed by atoms with Crippen molar-refractivity contribution in [2.75, 3.05) is 13.1 Å². The first kappa shape index (κ1) is 10.1. The smallest absolute Gasteiger partial charge is 0.320 e. The maximum Gasteiger partial charge on any atom is 0.320 e. The van der Waals surface area contributed by atoms with E-state index >= 15 is 0 Å². The third-order valence-electron chi connectivity index (χ3n) is 3.17. The predicted octanol–water partition coefficient (Wildman–Crippen LogP) is -1.34. The number of hydrogen-bond acceptors (Lipinski definition) is 4. The topological polar surface area (TPSA) is 86.7 Å². The van der Waals surface area contributed by atoms with Crippen LogP contribution in [0.3, 0.4) is 0 Å². The van der Waals surface area contributed by atoms with Crippen LogP contribution < -0.4 is 5.32 Å². The maximum atomic E-state index is 11.3. The summed E-state index contributed by atoms with van der Waals surface area (Å²) < 4.78 is 0. The maximum absolute atomic E-state index is 11.3. The number of carboxylic acids is 1. The second-order valence-corrected chi connectivity index (χ2v) is 4.03. The van der Waals surface area contributed by atoms with E-state index in [1.807, 2.05) is 0 Å². The molecule has 3 atom stereocenters. The fraction of sp³-hybridized carbons (Fsp3) is 0.667. The van der Waals surface area contributed by atoms with Gasteiger partial charge in [0.2, 0.25) is 11.8 Å². The molecule has 82 valence electrons. The van der Waals surface area contributed by atoms with Crippen LogP contribution in [0.25, 0.3) is 0 Å². The van der Waals surface area contributed by atoms with Gasteiger partial charge in [-0.2, -0.15) is 0 Å². The molecule has 0 bridgehead atoms. The van der Waals surface area contributed by atoms with E-state index in [1.54, 1.807) is 11.8 Å². The summed E-state index contributed by atoms with van der Waals surface area (Å²) in [6, 6.07) is -0.642. The zero-order chi connectivity index (χ0) is 11.2.